The van der Waals surface area contributed by atoms with E-state index in [9.17, 15) is 0 Å². The van der Waals surface area contributed by atoms with Crippen LogP contribution in [0, 0.1) is 6.92 Å². The van der Waals surface area contributed by atoms with Crippen LogP contribution in [0.15, 0.2) is 12.3 Å². The summed E-state index contributed by atoms with van der Waals surface area (Å²) >= 11 is 0. The molecule has 5 heteroatoms. The summed E-state index contributed by atoms with van der Waals surface area (Å²) in [5, 5.41) is 3.30. The number of aryl methyl sites for hydroxylation is 1. The van der Waals surface area contributed by atoms with Gasteiger partial charge in [0.15, 0.2) is 0 Å². The second-order valence-corrected chi connectivity index (χ2v) is 6.93. The zero-order chi connectivity index (χ0) is 14.5. The molecular formula is C15H23BN2O2. The molecule has 20 heavy (non-hydrogen) atoms. The van der Waals surface area contributed by atoms with E-state index >= 15 is 0 Å². The molecule has 2 aliphatic rings. The molecule has 0 spiro atoms. The van der Waals surface area contributed by atoms with Crippen molar-refractivity contribution in [2.45, 2.75) is 51.7 Å². The number of nitrogens with one attached hydrogen (secondary N) is 1. The Morgan fingerprint density at radius 2 is 1.80 bits per heavy atom. The van der Waals surface area contributed by atoms with E-state index in [1.165, 1.54) is 0 Å². The molecule has 3 rings (SSSR count). The van der Waals surface area contributed by atoms with Crippen LogP contribution in [-0.4, -0.2) is 36.4 Å². The molecule has 0 aliphatic carbocycles. The molecule has 0 aromatic carbocycles. The SMILES string of the molecule is Cc1cnc(C2CNC2)c(B2OC(C)(C)C(C)(C)O2)c1. The first-order chi connectivity index (χ1) is 9.30. The van der Waals surface area contributed by atoms with Crippen LogP contribution in [0.25, 0.3) is 0 Å². The average Bonchev–Trinajstić information content (AvgIpc) is 2.48. The minimum Gasteiger partial charge on any atom is -0.399 e. The monoisotopic (exact) mass is 274 g/mol. The van der Waals surface area contributed by atoms with E-state index in [-0.39, 0.29) is 18.3 Å². The highest BCUT2D eigenvalue weighted by molar-refractivity contribution is 6.62. The third-order valence-corrected chi connectivity index (χ3v) is 4.76. The van der Waals surface area contributed by atoms with Crippen molar-refractivity contribution in [3.63, 3.8) is 0 Å². The van der Waals surface area contributed by atoms with E-state index < -0.39 is 0 Å². The summed E-state index contributed by atoms with van der Waals surface area (Å²) in [5.41, 5.74) is 2.74. The van der Waals surface area contributed by atoms with Gasteiger partial charge in [0.1, 0.15) is 0 Å². The van der Waals surface area contributed by atoms with Gasteiger partial charge in [-0.25, -0.2) is 0 Å². The number of rotatable bonds is 2. The van der Waals surface area contributed by atoms with Gasteiger partial charge >= 0.3 is 7.12 Å². The van der Waals surface area contributed by atoms with Gasteiger partial charge in [-0.05, 0) is 40.2 Å². The standard InChI is InChI=1S/C15H23BN2O2/c1-10-6-12(13(18-7-10)11-8-17-9-11)16-19-14(2,3)15(4,5)20-16/h6-7,11,17H,8-9H2,1-5H3. The van der Waals surface area contributed by atoms with E-state index in [1.54, 1.807) is 0 Å². The minimum atomic E-state index is -0.317. The molecular weight excluding hydrogens is 251 g/mol. The molecule has 0 unspecified atom stereocenters. The van der Waals surface area contributed by atoms with Crippen LogP contribution in [-0.2, 0) is 9.31 Å². The minimum absolute atomic E-state index is 0.309. The maximum absolute atomic E-state index is 6.18. The normalized spacial score (nSPS) is 24.8. The molecule has 1 aromatic rings. The second-order valence-electron chi connectivity index (χ2n) is 6.93. The summed E-state index contributed by atoms with van der Waals surface area (Å²) in [4.78, 5) is 4.64. The van der Waals surface area contributed by atoms with Gasteiger partial charge in [-0.15, -0.1) is 0 Å². The topological polar surface area (TPSA) is 43.4 Å². The Morgan fingerprint density at radius 1 is 1.20 bits per heavy atom. The molecule has 4 nitrogen and oxygen atoms in total. The quantitative estimate of drug-likeness (QED) is 0.827. The van der Waals surface area contributed by atoms with Gasteiger partial charge in [0.25, 0.3) is 0 Å². The first-order valence-corrected chi connectivity index (χ1v) is 7.33. The van der Waals surface area contributed by atoms with Gasteiger partial charge < -0.3 is 14.6 Å². The Bertz CT molecular complexity index is 511. The lowest BCUT2D eigenvalue weighted by Crippen LogP contribution is -2.46. The molecule has 0 saturated carbocycles. The summed E-state index contributed by atoms with van der Waals surface area (Å²) in [6.07, 6.45) is 1.93. The number of hydrogen-bond donors (Lipinski definition) is 1. The summed E-state index contributed by atoms with van der Waals surface area (Å²) < 4.78 is 12.4. The zero-order valence-electron chi connectivity index (χ0n) is 13.0. The highest BCUT2D eigenvalue weighted by atomic mass is 16.7. The fourth-order valence-electron chi connectivity index (χ4n) is 2.58. The summed E-state index contributed by atoms with van der Waals surface area (Å²) in [5.74, 6) is 0.477. The predicted octanol–water partition coefficient (Wildman–Crippen LogP) is 1.38. The molecule has 0 radical (unpaired) electrons. The Hall–Kier alpha value is -0.905. The lowest BCUT2D eigenvalue weighted by Gasteiger charge is -2.32. The van der Waals surface area contributed by atoms with Crippen molar-refractivity contribution in [1.82, 2.24) is 10.3 Å². The summed E-state index contributed by atoms with van der Waals surface area (Å²) in [6.45, 7) is 12.4. The average molecular weight is 274 g/mol. The molecule has 2 saturated heterocycles. The maximum atomic E-state index is 6.18. The first kappa shape index (κ1) is 14.0. The molecule has 2 fully saturated rings. The molecule has 0 bridgehead atoms. The van der Waals surface area contributed by atoms with E-state index in [0.29, 0.717) is 5.92 Å². The van der Waals surface area contributed by atoms with Crippen molar-refractivity contribution in [1.29, 1.82) is 0 Å². The highest BCUT2D eigenvalue weighted by Crippen LogP contribution is 2.37. The van der Waals surface area contributed by atoms with Crippen LogP contribution < -0.4 is 10.8 Å². The molecule has 0 atom stereocenters. The first-order valence-electron chi connectivity index (χ1n) is 7.33. The Kier molecular flexibility index (Phi) is 3.20. The van der Waals surface area contributed by atoms with Crippen molar-refractivity contribution >= 4 is 12.6 Å². The smallest absolute Gasteiger partial charge is 0.399 e. The van der Waals surface area contributed by atoms with Crippen molar-refractivity contribution < 1.29 is 9.31 Å². The van der Waals surface area contributed by atoms with E-state index in [1.807, 2.05) is 6.20 Å². The van der Waals surface area contributed by atoms with Gasteiger partial charge in [0.05, 0.1) is 11.2 Å². The second kappa shape index (κ2) is 4.55. The van der Waals surface area contributed by atoms with E-state index in [0.717, 1.165) is 29.8 Å². The summed E-state index contributed by atoms with van der Waals surface area (Å²) in [7, 11) is -0.317. The fourth-order valence-corrected chi connectivity index (χ4v) is 2.58. The largest absolute Gasteiger partial charge is 0.496 e. The van der Waals surface area contributed by atoms with Crippen LogP contribution in [0.4, 0.5) is 0 Å². The van der Waals surface area contributed by atoms with Gasteiger partial charge in [0, 0.05) is 36.4 Å². The van der Waals surface area contributed by atoms with Gasteiger partial charge in [0.2, 0.25) is 0 Å². The van der Waals surface area contributed by atoms with Gasteiger partial charge in [-0.2, -0.15) is 0 Å². The molecule has 2 aliphatic heterocycles. The Balaban J connectivity index is 1.96. The number of aromatic nitrogens is 1. The molecule has 0 amide bonds. The third-order valence-electron chi connectivity index (χ3n) is 4.76. The maximum Gasteiger partial charge on any atom is 0.496 e. The molecule has 3 heterocycles. The van der Waals surface area contributed by atoms with Crippen LogP contribution >= 0.6 is 0 Å². The number of nitrogens with zero attached hydrogens (tertiary/aromatic N) is 1. The fraction of sp³-hybridized carbons (Fsp3) is 0.667. The van der Waals surface area contributed by atoms with Crippen LogP contribution in [0.2, 0.25) is 0 Å². The van der Waals surface area contributed by atoms with Crippen LogP contribution in [0.5, 0.6) is 0 Å². The van der Waals surface area contributed by atoms with Crippen LogP contribution in [0.1, 0.15) is 44.9 Å². The van der Waals surface area contributed by atoms with Crippen molar-refractivity contribution in [3.05, 3.63) is 23.5 Å². The molecule has 1 aromatic heterocycles. The third kappa shape index (κ3) is 2.18. The van der Waals surface area contributed by atoms with Crippen molar-refractivity contribution in [3.8, 4) is 0 Å². The van der Waals surface area contributed by atoms with E-state index in [2.05, 4.69) is 51.0 Å². The summed E-state index contributed by atoms with van der Waals surface area (Å²) in [6, 6.07) is 2.16. The predicted molar refractivity (Wildman–Crippen MR) is 80.3 cm³/mol. The van der Waals surface area contributed by atoms with Crippen LogP contribution in [0.3, 0.4) is 0 Å². The lowest BCUT2D eigenvalue weighted by atomic mass is 9.74. The Labute approximate surface area is 121 Å². The van der Waals surface area contributed by atoms with Crippen molar-refractivity contribution in [2.75, 3.05) is 13.1 Å². The Morgan fingerprint density at radius 3 is 2.30 bits per heavy atom. The zero-order valence-corrected chi connectivity index (χ0v) is 13.0. The number of hydrogen-bond acceptors (Lipinski definition) is 4. The van der Waals surface area contributed by atoms with Gasteiger partial charge in [-0.3, -0.25) is 4.98 Å². The molecule has 108 valence electrons. The van der Waals surface area contributed by atoms with Gasteiger partial charge in [-0.1, -0.05) is 6.07 Å². The lowest BCUT2D eigenvalue weighted by molar-refractivity contribution is 0.00578. The number of pyridine rings is 1. The molecule has 1 N–H and O–H groups in total. The highest BCUT2D eigenvalue weighted by Gasteiger charge is 2.52. The van der Waals surface area contributed by atoms with E-state index in [4.69, 9.17) is 9.31 Å². The van der Waals surface area contributed by atoms with Crippen molar-refractivity contribution in [2.24, 2.45) is 0 Å².